The zero-order valence-corrected chi connectivity index (χ0v) is 15.2. The van der Waals surface area contributed by atoms with Crippen molar-refractivity contribution >= 4 is 28.5 Å². The van der Waals surface area contributed by atoms with Gasteiger partial charge < -0.3 is 24.5 Å². The van der Waals surface area contributed by atoms with Crippen molar-refractivity contribution in [2.75, 3.05) is 25.1 Å². The van der Waals surface area contributed by atoms with Gasteiger partial charge in [-0.2, -0.15) is 0 Å². The molecule has 0 saturated carbocycles. The van der Waals surface area contributed by atoms with Crippen molar-refractivity contribution in [1.29, 1.82) is 0 Å². The second-order valence-electron chi connectivity index (χ2n) is 6.42. The number of hydrogen-bond acceptors (Lipinski definition) is 5. The predicted octanol–water partition coefficient (Wildman–Crippen LogP) is 2.89. The van der Waals surface area contributed by atoms with Crippen molar-refractivity contribution in [3.05, 3.63) is 54.3 Å². The Bertz CT molecular complexity index is 978. The summed E-state index contributed by atoms with van der Waals surface area (Å²) in [6.07, 6.45) is 1.35. The Labute approximate surface area is 161 Å². The fourth-order valence-corrected chi connectivity index (χ4v) is 3.01. The summed E-state index contributed by atoms with van der Waals surface area (Å²) >= 11 is 0. The molecule has 2 amide bonds. The summed E-state index contributed by atoms with van der Waals surface area (Å²) in [7, 11) is 0. The van der Waals surface area contributed by atoms with Crippen molar-refractivity contribution in [3.63, 3.8) is 0 Å². The number of fused-ring (bicyclic) bond motifs is 2. The molecular formula is C21H20N2O5. The minimum atomic E-state index is -0.722. The molecule has 0 unspecified atom stereocenters. The van der Waals surface area contributed by atoms with Gasteiger partial charge in [-0.05, 0) is 30.7 Å². The Morgan fingerprint density at radius 2 is 1.75 bits per heavy atom. The van der Waals surface area contributed by atoms with Gasteiger partial charge in [0.2, 0.25) is 0 Å². The zero-order valence-electron chi connectivity index (χ0n) is 15.2. The molecular weight excluding hydrogens is 360 g/mol. The summed E-state index contributed by atoms with van der Waals surface area (Å²) < 4.78 is 16.6. The number of anilines is 1. The molecule has 0 radical (unpaired) electrons. The SMILES string of the molecule is O=C(NCCCc1cc2ccccc2o1)C(=O)Nc1ccc2c(c1)OCCO2. The van der Waals surface area contributed by atoms with Crippen LogP contribution in [-0.2, 0) is 16.0 Å². The number of carbonyl (C=O) groups is 2. The van der Waals surface area contributed by atoms with Gasteiger partial charge in [-0.3, -0.25) is 9.59 Å². The molecule has 144 valence electrons. The lowest BCUT2D eigenvalue weighted by atomic mass is 10.2. The molecule has 28 heavy (non-hydrogen) atoms. The fraction of sp³-hybridized carbons (Fsp3) is 0.238. The molecule has 2 heterocycles. The number of para-hydroxylation sites is 1. The first-order valence-corrected chi connectivity index (χ1v) is 9.15. The van der Waals surface area contributed by atoms with Gasteiger partial charge >= 0.3 is 11.8 Å². The molecule has 2 aromatic carbocycles. The average molecular weight is 380 g/mol. The molecule has 0 atom stereocenters. The maximum atomic E-state index is 12.0. The van der Waals surface area contributed by atoms with Gasteiger partial charge in [0.1, 0.15) is 24.6 Å². The summed E-state index contributed by atoms with van der Waals surface area (Å²) in [6.45, 7) is 1.33. The topological polar surface area (TPSA) is 89.8 Å². The van der Waals surface area contributed by atoms with Gasteiger partial charge in [0.25, 0.3) is 0 Å². The molecule has 0 bridgehead atoms. The lowest BCUT2D eigenvalue weighted by Crippen LogP contribution is -2.36. The van der Waals surface area contributed by atoms with E-state index in [1.54, 1.807) is 18.2 Å². The minimum absolute atomic E-state index is 0.379. The maximum absolute atomic E-state index is 12.0. The third-order valence-electron chi connectivity index (χ3n) is 4.37. The number of furan rings is 1. The first kappa shape index (κ1) is 17.9. The molecule has 7 nitrogen and oxygen atoms in total. The number of rotatable bonds is 5. The fourth-order valence-electron chi connectivity index (χ4n) is 3.01. The molecule has 0 spiro atoms. The summed E-state index contributed by atoms with van der Waals surface area (Å²) in [5, 5.41) is 6.24. The van der Waals surface area contributed by atoms with Gasteiger partial charge in [-0.25, -0.2) is 0 Å². The van der Waals surface area contributed by atoms with E-state index < -0.39 is 11.8 Å². The highest BCUT2D eigenvalue weighted by Gasteiger charge is 2.16. The van der Waals surface area contributed by atoms with Gasteiger partial charge in [0, 0.05) is 30.1 Å². The van der Waals surface area contributed by atoms with Crippen LogP contribution in [0.15, 0.2) is 52.9 Å². The normalized spacial score (nSPS) is 12.6. The van der Waals surface area contributed by atoms with E-state index in [1.165, 1.54) is 0 Å². The van der Waals surface area contributed by atoms with E-state index in [2.05, 4.69) is 10.6 Å². The number of nitrogens with one attached hydrogen (secondary N) is 2. The van der Waals surface area contributed by atoms with E-state index in [0.29, 0.717) is 49.8 Å². The summed E-state index contributed by atoms with van der Waals surface area (Å²) in [6, 6.07) is 14.8. The monoisotopic (exact) mass is 380 g/mol. The van der Waals surface area contributed by atoms with Crippen LogP contribution in [0.1, 0.15) is 12.2 Å². The third-order valence-corrected chi connectivity index (χ3v) is 4.37. The number of ether oxygens (including phenoxy) is 2. The zero-order chi connectivity index (χ0) is 19.3. The molecule has 4 rings (SSSR count). The Morgan fingerprint density at radius 1 is 0.929 bits per heavy atom. The van der Waals surface area contributed by atoms with Crippen LogP contribution in [0.2, 0.25) is 0 Å². The average Bonchev–Trinajstić information content (AvgIpc) is 3.14. The second-order valence-corrected chi connectivity index (χ2v) is 6.42. The Kier molecular flexibility index (Phi) is 5.14. The van der Waals surface area contributed by atoms with Crippen LogP contribution >= 0.6 is 0 Å². The summed E-state index contributed by atoms with van der Waals surface area (Å²) in [5.41, 5.74) is 1.33. The molecule has 1 aliphatic heterocycles. The highest BCUT2D eigenvalue weighted by Crippen LogP contribution is 2.32. The third kappa shape index (κ3) is 4.09. The van der Waals surface area contributed by atoms with Crippen LogP contribution in [0.5, 0.6) is 11.5 Å². The first-order chi connectivity index (χ1) is 13.7. The van der Waals surface area contributed by atoms with Gasteiger partial charge in [0.15, 0.2) is 11.5 Å². The van der Waals surface area contributed by atoms with Crippen molar-refractivity contribution in [2.45, 2.75) is 12.8 Å². The molecule has 1 aromatic heterocycles. The van der Waals surface area contributed by atoms with Crippen LogP contribution in [-0.4, -0.2) is 31.6 Å². The van der Waals surface area contributed by atoms with Gasteiger partial charge in [-0.15, -0.1) is 0 Å². The van der Waals surface area contributed by atoms with Crippen molar-refractivity contribution in [2.24, 2.45) is 0 Å². The summed E-state index contributed by atoms with van der Waals surface area (Å²) in [5.74, 6) is 0.630. The number of aryl methyl sites for hydroxylation is 1. The van der Waals surface area contributed by atoms with Crippen LogP contribution in [0.4, 0.5) is 5.69 Å². The minimum Gasteiger partial charge on any atom is -0.486 e. The molecule has 0 saturated heterocycles. The second kappa shape index (κ2) is 8.04. The molecule has 2 N–H and O–H groups in total. The Morgan fingerprint density at radius 3 is 2.61 bits per heavy atom. The highest BCUT2D eigenvalue weighted by atomic mass is 16.6. The van der Waals surface area contributed by atoms with E-state index in [9.17, 15) is 9.59 Å². The van der Waals surface area contributed by atoms with Crippen LogP contribution in [0.3, 0.4) is 0 Å². The van der Waals surface area contributed by atoms with E-state index in [4.69, 9.17) is 13.9 Å². The molecule has 0 fully saturated rings. The van der Waals surface area contributed by atoms with Crippen LogP contribution in [0.25, 0.3) is 11.0 Å². The van der Waals surface area contributed by atoms with E-state index in [0.717, 1.165) is 16.7 Å². The molecule has 1 aliphatic rings. The number of amides is 2. The van der Waals surface area contributed by atoms with Gasteiger partial charge in [-0.1, -0.05) is 18.2 Å². The van der Waals surface area contributed by atoms with Gasteiger partial charge in [0.05, 0.1) is 0 Å². The summed E-state index contributed by atoms with van der Waals surface area (Å²) in [4.78, 5) is 24.0. The smallest absolute Gasteiger partial charge is 0.313 e. The number of hydrogen-bond donors (Lipinski definition) is 2. The highest BCUT2D eigenvalue weighted by molar-refractivity contribution is 6.39. The maximum Gasteiger partial charge on any atom is 0.313 e. The quantitative estimate of drug-likeness (QED) is 0.525. The van der Waals surface area contributed by atoms with E-state index in [1.807, 2.05) is 30.3 Å². The van der Waals surface area contributed by atoms with Crippen LogP contribution < -0.4 is 20.1 Å². The lowest BCUT2D eigenvalue weighted by Gasteiger charge is -2.18. The number of benzene rings is 2. The molecule has 7 heteroatoms. The predicted molar refractivity (Wildman–Crippen MR) is 104 cm³/mol. The van der Waals surface area contributed by atoms with Crippen LogP contribution in [0, 0.1) is 0 Å². The van der Waals surface area contributed by atoms with E-state index >= 15 is 0 Å². The Balaban J connectivity index is 1.23. The van der Waals surface area contributed by atoms with Crippen molar-refractivity contribution < 1.29 is 23.5 Å². The van der Waals surface area contributed by atoms with E-state index in [-0.39, 0.29) is 0 Å². The standard InChI is InChI=1S/C21H20N2O5/c24-20(21(25)23-15-7-8-18-19(13-15)27-11-10-26-18)22-9-3-5-16-12-14-4-1-2-6-17(14)28-16/h1-2,4,6-8,12-13H,3,5,9-11H2,(H,22,24)(H,23,25). The Hall–Kier alpha value is -3.48. The first-order valence-electron chi connectivity index (χ1n) is 9.15. The molecule has 0 aliphatic carbocycles. The molecule has 3 aromatic rings. The van der Waals surface area contributed by atoms with Crippen molar-refractivity contribution in [1.82, 2.24) is 5.32 Å². The largest absolute Gasteiger partial charge is 0.486 e. The lowest BCUT2D eigenvalue weighted by molar-refractivity contribution is -0.136. The number of carbonyl (C=O) groups excluding carboxylic acids is 2. The van der Waals surface area contributed by atoms with Crippen molar-refractivity contribution in [3.8, 4) is 11.5 Å².